The van der Waals surface area contributed by atoms with Crippen molar-refractivity contribution in [1.29, 1.82) is 5.41 Å². The molecule has 0 aliphatic heterocycles. The summed E-state index contributed by atoms with van der Waals surface area (Å²) in [6.07, 6.45) is 1.21. The Bertz CT molecular complexity index is 1060. The summed E-state index contributed by atoms with van der Waals surface area (Å²) >= 11 is 6.77. The molecule has 0 aliphatic carbocycles. The van der Waals surface area contributed by atoms with E-state index in [1.54, 1.807) is 31.2 Å². The van der Waals surface area contributed by atoms with Crippen molar-refractivity contribution in [3.63, 3.8) is 0 Å². The number of carbonyl (C=O) groups excluding carboxylic acids is 1. The molecular formula is C24H28ClN3O2. The van der Waals surface area contributed by atoms with Crippen molar-refractivity contribution < 1.29 is 9.53 Å². The summed E-state index contributed by atoms with van der Waals surface area (Å²) in [5, 5.41) is 8.90. The maximum atomic E-state index is 11.9. The molecule has 0 radical (unpaired) electrons. The Labute approximate surface area is 182 Å². The zero-order chi connectivity index (χ0) is 22.4. The molecule has 3 aromatic rings. The highest BCUT2D eigenvalue weighted by atomic mass is 35.5. The number of pyridine rings is 1. The van der Waals surface area contributed by atoms with Crippen LogP contribution in [0.1, 0.15) is 62.0 Å². The Morgan fingerprint density at radius 3 is 2.40 bits per heavy atom. The van der Waals surface area contributed by atoms with Gasteiger partial charge in [-0.25, -0.2) is 9.78 Å². The van der Waals surface area contributed by atoms with Gasteiger partial charge in [0.1, 0.15) is 0 Å². The first-order chi connectivity index (χ1) is 14.4. The largest absolute Gasteiger partial charge is 0.462 e. The molecule has 0 amide bonds. The third-order valence-corrected chi connectivity index (χ3v) is 4.97. The quantitative estimate of drug-likeness (QED) is 0.279. The highest BCUT2D eigenvalue weighted by Crippen LogP contribution is 2.39. The first-order valence-electron chi connectivity index (χ1n) is 10.1. The van der Waals surface area contributed by atoms with E-state index in [2.05, 4.69) is 13.8 Å². The van der Waals surface area contributed by atoms with Crippen LogP contribution in [0, 0.1) is 5.41 Å². The maximum Gasteiger partial charge on any atom is 0.338 e. The van der Waals surface area contributed by atoms with Crippen molar-refractivity contribution in [3.05, 3.63) is 58.1 Å². The van der Waals surface area contributed by atoms with Gasteiger partial charge < -0.3 is 15.9 Å². The van der Waals surface area contributed by atoms with E-state index >= 15 is 0 Å². The summed E-state index contributed by atoms with van der Waals surface area (Å²) in [4.78, 5) is 16.7. The first kappa shape index (κ1) is 23.4. The predicted octanol–water partition coefficient (Wildman–Crippen LogP) is 6.46. The first-order valence-corrected chi connectivity index (χ1v) is 10.5. The van der Waals surface area contributed by atoms with Crippen LogP contribution in [-0.2, 0) is 4.74 Å². The number of nitrogen functional groups attached to an aromatic ring is 1. The van der Waals surface area contributed by atoms with Gasteiger partial charge in [-0.2, -0.15) is 0 Å². The lowest BCUT2D eigenvalue weighted by Crippen LogP contribution is -2.05. The Hall–Kier alpha value is -2.92. The minimum atomic E-state index is -0.352. The fourth-order valence-electron chi connectivity index (χ4n) is 3.17. The molecule has 0 spiro atoms. The molecule has 1 heterocycles. The molecule has 0 bridgehead atoms. The Kier molecular flexibility index (Phi) is 7.95. The van der Waals surface area contributed by atoms with Crippen LogP contribution in [0.5, 0.6) is 0 Å². The van der Waals surface area contributed by atoms with Gasteiger partial charge in [0.2, 0.25) is 0 Å². The second-order valence-electron chi connectivity index (χ2n) is 6.78. The average Bonchev–Trinajstić information content (AvgIpc) is 2.74. The number of nitrogens with two attached hydrogens (primary N) is 1. The number of nitrogens with zero attached hydrogens (tertiary/aromatic N) is 1. The van der Waals surface area contributed by atoms with E-state index in [0.717, 1.165) is 22.2 Å². The van der Waals surface area contributed by atoms with Crippen LogP contribution < -0.4 is 5.73 Å². The lowest BCUT2D eigenvalue weighted by Gasteiger charge is -2.17. The molecule has 0 fully saturated rings. The minimum absolute atomic E-state index is 0.130. The molecule has 3 rings (SSSR count). The van der Waals surface area contributed by atoms with E-state index in [1.165, 1.54) is 6.21 Å². The smallest absolute Gasteiger partial charge is 0.338 e. The predicted molar refractivity (Wildman–Crippen MR) is 126 cm³/mol. The number of nitrogens with one attached hydrogen (secondary N) is 1. The van der Waals surface area contributed by atoms with Crippen molar-refractivity contribution in [2.75, 3.05) is 12.3 Å². The zero-order valence-corrected chi connectivity index (χ0v) is 18.8. The standard InChI is InChI=1S/C22H22ClN3O2.C2H6/c1-4-28-22(27)14-7-5-13(6-8-14)21-19(12(2)3)20(23)16-9-15(11-24)17(25)10-18(16)26-21;1-2/h5-12,24H,4,25H2,1-3H3;1-2H3. The summed E-state index contributed by atoms with van der Waals surface area (Å²) in [5.41, 5.74) is 10.8. The lowest BCUT2D eigenvalue weighted by molar-refractivity contribution is 0.0526. The van der Waals surface area contributed by atoms with Gasteiger partial charge in [-0.3, -0.25) is 0 Å². The second-order valence-corrected chi connectivity index (χ2v) is 7.16. The molecule has 2 aromatic carbocycles. The molecule has 0 saturated carbocycles. The van der Waals surface area contributed by atoms with Crippen molar-refractivity contribution in [2.24, 2.45) is 0 Å². The maximum absolute atomic E-state index is 11.9. The van der Waals surface area contributed by atoms with E-state index in [0.29, 0.717) is 34.0 Å². The summed E-state index contributed by atoms with van der Waals surface area (Å²) in [7, 11) is 0. The second kappa shape index (κ2) is 10.2. The number of hydrogen-bond acceptors (Lipinski definition) is 5. The van der Waals surface area contributed by atoms with E-state index < -0.39 is 0 Å². The van der Waals surface area contributed by atoms with E-state index in [-0.39, 0.29) is 11.9 Å². The fourth-order valence-corrected chi connectivity index (χ4v) is 3.63. The van der Waals surface area contributed by atoms with Crippen LogP contribution >= 0.6 is 11.6 Å². The van der Waals surface area contributed by atoms with Gasteiger partial charge in [0.05, 0.1) is 28.4 Å². The van der Waals surface area contributed by atoms with Gasteiger partial charge in [-0.1, -0.05) is 51.4 Å². The van der Waals surface area contributed by atoms with E-state index in [9.17, 15) is 4.79 Å². The van der Waals surface area contributed by atoms with Crippen LogP contribution in [0.15, 0.2) is 36.4 Å². The Balaban J connectivity index is 0.00000155. The number of ether oxygens (including phenoxy) is 1. The number of hydrogen-bond donors (Lipinski definition) is 2. The Morgan fingerprint density at radius 1 is 1.23 bits per heavy atom. The van der Waals surface area contributed by atoms with Gasteiger partial charge in [0.15, 0.2) is 0 Å². The highest BCUT2D eigenvalue weighted by molar-refractivity contribution is 6.36. The number of rotatable bonds is 5. The van der Waals surface area contributed by atoms with Crippen molar-refractivity contribution in [1.82, 2.24) is 4.98 Å². The minimum Gasteiger partial charge on any atom is -0.462 e. The Morgan fingerprint density at radius 2 is 1.87 bits per heavy atom. The van der Waals surface area contributed by atoms with Gasteiger partial charge in [-0.15, -0.1) is 0 Å². The van der Waals surface area contributed by atoms with Gasteiger partial charge in [-0.05, 0) is 37.1 Å². The molecular weight excluding hydrogens is 398 g/mol. The third kappa shape index (κ3) is 4.62. The number of aromatic nitrogens is 1. The number of fused-ring (bicyclic) bond motifs is 1. The zero-order valence-electron chi connectivity index (χ0n) is 18.0. The number of benzene rings is 2. The van der Waals surface area contributed by atoms with Crippen molar-refractivity contribution in [3.8, 4) is 11.3 Å². The van der Waals surface area contributed by atoms with Crippen LogP contribution in [0.25, 0.3) is 22.2 Å². The third-order valence-electron chi connectivity index (χ3n) is 4.56. The molecule has 0 unspecified atom stereocenters. The van der Waals surface area contributed by atoms with Crippen LogP contribution in [0.2, 0.25) is 5.02 Å². The summed E-state index contributed by atoms with van der Waals surface area (Å²) in [6.45, 7) is 10.2. The van der Waals surface area contributed by atoms with E-state index in [4.69, 9.17) is 32.5 Å². The molecule has 0 atom stereocenters. The molecule has 0 aliphatic rings. The SMILES string of the molecule is CC.CCOC(=O)c1ccc(-c2nc3cc(N)c(C=N)cc3c(Cl)c2C(C)C)cc1. The summed E-state index contributed by atoms with van der Waals surface area (Å²) in [5.74, 6) is -0.222. The molecule has 3 N–H and O–H groups in total. The van der Waals surface area contributed by atoms with Gasteiger partial charge in [0.25, 0.3) is 0 Å². The topological polar surface area (TPSA) is 89.1 Å². The fraction of sp³-hybridized carbons (Fsp3) is 0.292. The van der Waals surface area contributed by atoms with Crippen molar-refractivity contribution in [2.45, 2.75) is 40.5 Å². The monoisotopic (exact) mass is 425 g/mol. The number of esters is 1. The molecule has 1 aromatic heterocycles. The van der Waals surface area contributed by atoms with Crippen LogP contribution in [-0.4, -0.2) is 23.8 Å². The summed E-state index contributed by atoms with van der Waals surface area (Å²) in [6, 6.07) is 10.7. The molecule has 5 nitrogen and oxygen atoms in total. The molecule has 30 heavy (non-hydrogen) atoms. The lowest BCUT2D eigenvalue weighted by atomic mass is 9.94. The number of halogens is 1. The van der Waals surface area contributed by atoms with Crippen LogP contribution in [0.4, 0.5) is 5.69 Å². The summed E-state index contributed by atoms with van der Waals surface area (Å²) < 4.78 is 5.04. The molecule has 6 heteroatoms. The average molecular weight is 426 g/mol. The number of anilines is 1. The molecule has 158 valence electrons. The van der Waals surface area contributed by atoms with Gasteiger partial charge >= 0.3 is 5.97 Å². The number of carbonyl (C=O) groups is 1. The highest BCUT2D eigenvalue weighted by Gasteiger charge is 2.19. The van der Waals surface area contributed by atoms with Crippen LogP contribution in [0.3, 0.4) is 0 Å². The van der Waals surface area contributed by atoms with Crippen molar-refractivity contribution >= 4 is 40.4 Å². The molecule has 0 saturated heterocycles. The van der Waals surface area contributed by atoms with Gasteiger partial charge in [0, 0.05) is 34.0 Å². The normalized spacial score (nSPS) is 10.5. The van der Waals surface area contributed by atoms with E-state index in [1.807, 2.05) is 26.0 Å².